The van der Waals surface area contributed by atoms with E-state index in [0.717, 1.165) is 37.3 Å². The molecule has 0 fully saturated rings. The van der Waals surface area contributed by atoms with E-state index in [-0.39, 0.29) is 30.0 Å². The molecule has 0 radical (unpaired) electrons. The van der Waals surface area contributed by atoms with Crippen LogP contribution in [0.4, 0.5) is 0 Å². The average molecular weight is 485 g/mol. The van der Waals surface area contributed by atoms with Gasteiger partial charge in [-0.05, 0) is 33.6 Å². The maximum atomic E-state index is 11.4. The van der Waals surface area contributed by atoms with Crippen LogP contribution in [0.1, 0.15) is 44.4 Å². The van der Waals surface area contributed by atoms with Crippen LogP contribution in [0.15, 0.2) is 4.99 Å². The number of rotatable bonds is 5. The van der Waals surface area contributed by atoms with Crippen molar-refractivity contribution < 1.29 is 8.42 Å². The van der Waals surface area contributed by atoms with Crippen molar-refractivity contribution in [3.63, 3.8) is 0 Å². The van der Waals surface area contributed by atoms with E-state index in [1.54, 1.807) is 7.05 Å². The van der Waals surface area contributed by atoms with Gasteiger partial charge in [-0.15, -0.1) is 24.0 Å². The van der Waals surface area contributed by atoms with Crippen molar-refractivity contribution in [2.75, 3.05) is 19.8 Å². The standard InChI is InChI=1S/C14H27N7O2S.HI/c1-10-17-12-11(7-6-8-21(12)19-10)18-13(15-4)16-9-14(2,3)20-24(5,22)23;/h11,20H,6-9H2,1-5H3,(H2,15,16,18);1H. The molecule has 2 rings (SSSR count). The lowest BCUT2D eigenvalue weighted by Gasteiger charge is -2.28. The summed E-state index contributed by atoms with van der Waals surface area (Å²) in [4.78, 5) is 8.71. The second-order valence-corrected chi connectivity index (χ2v) is 8.51. The highest BCUT2D eigenvalue weighted by molar-refractivity contribution is 14.0. The number of guanidine groups is 1. The Labute approximate surface area is 166 Å². The van der Waals surface area contributed by atoms with E-state index in [4.69, 9.17) is 0 Å². The van der Waals surface area contributed by atoms with E-state index in [1.807, 2.05) is 25.5 Å². The number of nitrogens with one attached hydrogen (secondary N) is 3. The topological polar surface area (TPSA) is 113 Å². The molecule has 1 unspecified atom stereocenters. The molecule has 0 aliphatic carbocycles. The van der Waals surface area contributed by atoms with Crippen LogP contribution < -0.4 is 15.4 Å². The summed E-state index contributed by atoms with van der Waals surface area (Å²) in [6, 6.07) is 0.0390. The van der Waals surface area contributed by atoms with E-state index >= 15 is 0 Å². The first-order chi connectivity index (χ1) is 11.1. The predicted molar refractivity (Wildman–Crippen MR) is 109 cm³/mol. The number of fused-ring (bicyclic) bond motifs is 1. The molecule has 0 bridgehead atoms. The Morgan fingerprint density at radius 2 is 2.12 bits per heavy atom. The summed E-state index contributed by atoms with van der Waals surface area (Å²) in [6.07, 6.45) is 3.12. The molecule has 11 heteroatoms. The first kappa shape index (κ1) is 22.1. The van der Waals surface area contributed by atoms with Crippen molar-refractivity contribution >= 4 is 40.0 Å². The minimum absolute atomic E-state index is 0. The molecular weight excluding hydrogens is 457 g/mol. The van der Waals surface area contributed by atoms with Gasteiger partial charge in [-0.25, -0.2) is 22.8 Å². The van der Waals surface area contributed by atoms with E-state index in [2.05, 4.69) is 30.4 Å². The lowest BCUT2D eigenvalue weighted by Crippen LogP contribution is -2.53. The Morgan fingerprint density at radius 1 is 1.44 bits per heavy atom. The molecule has 1 aliphatic rings. The highest BCUT2D eigenvalue weighted by atomic mass is 127. The Kier molecular flexibility index (Phi) is 7.62. The molecule has 1 aliphatic heterocycles. The highest BCUT2D eigenvalue weighted by Gasteiger charge is 2.26. The molecule has 9 nitrogen and oxygen atoms in total. The monoisotopic (exact) mass is 485 g/mol. The van der Waals surface area contributed by atoms with E-state index in [9.17, 15) is 8.42 Å². The van der Waals surface area contributed by atoms with Gasteiger partial charge < -0.3 is 10.6 Å². The molecule has 1 atom stereocenters. The van der Waals surface area contributed by atoms with Crippen LogP contribution in [-0.4, -0.2) is 54.5 Å². The first-order valence-electron chi connectivity index (χ1n) is 7.97. The van der Waals surface area contributed by atoms with Crippen LogP contribution in [0.2, 0.25) is 0 Å². The largest absolute Gasteiger partial charge is 0.355 e. The number of hydrogen-bond acceptors (Lipinski definition) is 5. The fourth-order valence-electron chi connectivity index (χ4n) is 2.81. The van der Waals surface area contributed by atoms with E-state index in [0.29, 0.717) is 12.5 Å². The van der Waals surface area contributed by atoms with Crippen LogP contribution in [0.25, 0.3) is 0 Å². The summed E-state index contributed by atoms with van der Waals surface area (Å²) in [5.41, 5.74) is -0.631. The molecule has 3 N–H and O–H groups in total. The van der Waals surface area contributed by atoms with Crippen molar-refractivity contribution in [2.45, 2.75) is 51.7 Å². The zero-order chi connectivity index (χ0) is 18.0. The van der Waals surface area contributed by atoms with Crippen molar-refractivity contribution in [3.05, 3.63) is 11.6 Å². The maximum Gasteiger partial charge on any atom is 0.209 e. The molecule has 144 valence electrons. The second kappa shape index (κ2) is 8.62. The lowest BCUT2D eigenvalue weighted by atomic mass is 10.1. The van der Waals surface area contributed by atoms with Crippen LogP contribution in [0.5, 0.6) is 0 Å². The highest BCUT2D eigenvalue weighted by Crippen LogP contribution is 2.22. The van der Waals surface area contributed by atoms with Gasteiger partial charge in [0, 0.05) is 25.7 Å². The number of hydrogen-bond donors (Lipinski definition) is 3. The smallest absolute Gasteiger partial charge is 0.209 e. The number of aromatic nitrogens is 3. The average Bonchev–Trinajstić information content (AvgIpc) is 2.81. The fraction of sp³-hybridized carbons (Fsp3) is 0.786. The Balaban J connectivity index is 0.00000312. The molecule has 1 aromatic heterocycles. The van der Waals surface area contributed by atoms with Gasteiger partial charge in [-0.2, -0.15) is 5.10 Å². The van der Waals surface area contributed by atoms with Gasteiger partial charge in [-0.3, -0.25) is 4.99 Å². The first-order valence-corrected chi connectivity index (χ1v) is 9.86. The zero-order valence-electron chi connectivity index (χ0n) is 15.3. The van der Waals surface area contributed by atoms with Crippen LogP contribution in [0, 0.1) is 6.92 Å². The number of aliphatic imine (C=N–C) groups is 1. The molecular formula is C14H28IN7O2S. The number of aryl methyl sites for hydroxylation is 2. The maximum absolute atomic E-state index is 11.4. The normalized spacial score (nSPS) is 18.3. The van der Waals surface area contributed by atoms with Gasteiger partial charge in [0.05, 0.1) is 12.3 Å². The fourth-order valence-corrected chi connectivity index (χ4v) is 3.88. The minimum atomic E-state index is -3.27. The Morgan fingerprint density at radius 3 is 2.72 bits per heavy atom. The Hall–Kier alpha value is -0.950. The number of sulfonamides is 1. The summed E-state index contributed by atoms with van der Waals surface area (Å²) >= 11 is 0. The van der Waals surface area contributed by atoms with Gasteiger partial charge in [0.1, 0.15) is 11.6 Å². The number of halogens is 1. The molecule has 0 aromatic carbocycles. The zero-order valence-corrected chi connectivity index (χ0v) is 18.5. The molecule has 2 heterocycles. The molecule has 0 saturated heterocycles. The Bertz CT molecular complexity index is 715. The summed E-state index contributed by atoms with van der Waals surface area (Å²) < 4.78 is 27.4. The van der Waals surface area contributed by atoms with Crippen molar-refractivity contribution in [2.24, 2.45) is 4.99 Å². The van der Waals surface area contributed by atoms with E-state index in [1.165, 1.54) is 0 Å². The van der Waals surface area contributed by atoms with Gasteiger partial charge in [0.15, 0.2) is 5.96 Å². The second-order valence-electron chi connectivity index (χ2n) is 6.76. The van der Waals surface area contributed by atoms with Gasteiger partial charge >= 0.3 is 0 Å². The third-order valence-corrected chi connectivity index (χ3v) is 4.60. The van der Waals surface area contributed by atoms with Gasteiger partial charge in [0.2, 0.25) is 10.0 Å². The SMILES string of the molecule is CN=C(NCC(C)(C)NS(C)(=O)=O)NC1CCCn2nc(C)nc21.I. The van der Waals surface area contributed by atoms with Crippen molar-refractivity contribution in [1.29, 1.82) is 0 Å². The summed E-state index contributed by atoms with van der Waals surface area (Å²) in [6.45, 7) is 6.79. The predicted octanol–water partition coefficient (Wildman–Crippen LogP) is 0.532. The van der Waals surface area contributed by atoms with Gasteiger partial charge in [-0.1, -0.05) is 0 Å². The molecule has 0 spiro atoms. The third-order valence-electron chi connectivity index (χ3n) is 3.67. The lowest BCUT2D eigenvalue weighted by molar-refractivity contribution is 0.394. The molecule has 0 saturated carbocycles. The summed E-state index contributed by atoms with van der Waals surface area (Å²) in [7, 11) is -1.59. The minimum Gasteiger partial charge on any atom is -0.355 e. The quantitative estimate of drug-likeness (QED) is 0.319. The summed E-state index contributed by atoms with van der Waals surface area (Å²) in [5, 5.41) is 10.9. The van der Waals surface area contributed by atoms with Crippen molar-refractivity contribution in [3.8, 4) is 0 Å². The van der Waals surface area contributed by atoms with Gasteiger partial charge in [0.25, 0.3) is 0 Å². The van der Waals surface area contributed by atoms with Crippen LogP contribution >= 0.6 is 24.0 Å². The van der Waals surface area contributed by atoms with Crippen molar-refractivity contribution in [1.82, 2.24) is 30.1 Å². The van der Waals surface area contributed by atoms with E-state index < -0.39 is 15.6 Å². The number of nitrogens with zero attached hydrogens (tertiary/aromatic N) is 4. The third kappa shape index (κ3) is 6.70. The van der Waals surface area contributed by atoms with Crippen LogP contribution in [0.3, 0.4) is 0 Å². The molecule has 1 aromatic rings. The molecule has 25 heavy (non-hydrogen) atoms. The molecule has 0 amide bonds. The summed E-state index contributed by atoms with van der Waals surface area (Å²) in [5.74, 6) is 2.29. The van der Waals surface area contributed by atoms with Crippen LogP contribution in [-0.2, 0) is 16.6 Å².